The van der Waals surface area contributed by atoms with E-state index in [0.717, 1.165) is 19.3 Å². The third-order valence-corrected chi connectivity index (χ3v) is 4.00. The van der Waals surface area contributed by atoms with E-state index >= 15 is 0 Å². The van der Waals surface area contributed by atoms with E-state index in [9.17, 15) is 13.2 Å². The van der Waals surface area contributed by atoms with E-state index in [1.807, 2.05) is 0 Å². The summed E-state index contributed by atoms with van der Waals surface area (Å²) >= 11 is 0. The highest BCUT2D eigenvalue weighted by atomic mass is 32.2. The second-order valence-corrected chi connectivity index (χ2v) is 6.63. The van der Waals surface area contributed by atoms with Crippen molar-refractivity contribution in [3.8, 4) is 0 Å². The minimum absolute atomic E-state index is 0.0740. The number of nitrogens with two attached hydrogens (primary N) is 2. The lowest BCUT2D eigenvalue weighted by molar-refractivity contribution is -0.120. The van der Waals surface area contributed by atoms with Gasteiger partial charge in [0.2, 0.25) is 5.91 Å². The Labute approximate surface area is 124 Å². The molecule has 1 aliphatic carbocycles. The normalized spacial score (nSPS) is 22.6. The molecule has 1 saturated carbocycles. The highest BCUT2D eigenvalue weighted by Crippen LogP contribution is 2.25. The van der Waals surface area contributed by atoms with E-state index in [-0.39, 0.29) is 17.9 Å². The average Bonchev–Trinajstić information content (AvgIpc) is 2.37. The van der Waals surface area contributed by atoms with Crippen molar-refractivity contribution in [1.82, 2.24) is 0 Å². The summed E-state index contributed by atoms with van der Waals surface area (Å²) in [6, 6.07) is 6.47. The lowest BCUT2D eigenvalue weighted by atomic mass is 9.85. The van der Waals surface area contributed by atoms with Gasteiger partial charge in [-0.2, -0.15) is 8.42 Å². The minimum atomic E-state index is -3.83. The third kappa shape index (κ3) is 5.00. The molecule has 1 fully saturated rings. The zero-order valence-corrected chi connectivity index (χ0v) is 12.4. The van der Waals surface area contributed by atoms with Gasteiger partial charge in [0, 0.05) is 17.6 Å². The van der Waals surface area contributed by atoms with Crippen LogP contribution in [0.5, 0.6) is 0 Å². The predicted octanol–water partition coefficient (Wildman–Crippen LogP) is 0.758. The van der Waals surface area contributed by atoms with Gasteiger partial charge in [-0.1, -0.05) is 12.5 Å². The Morgan fingerprint density at radius 1 is 1.24 bits per heavy atom. The third-order valence-electron chi connectivity index (χ3n) is 3.48. The topological polar surface area (TPSA) is 127 Å². The molecule has 0 radical (unpaired) electrons. The van der Waals surface area contributed by atoms with Crippen LogP contribution in [0, 0.1) is 5.92 Å². The molecule has 1 amide bonds. The van der Waals surface area contributed by atoms with Crippen molar-refractivity contribution in [3.63, 3.8) is 0 Å². The van der Waals surface area contributed by atoms with Crippen LogP contribution in [0.3, 0.4) is 0 Å². The van der Waals surface area contributed by atoms with Gasteiger partial charge >= 0.3 is 0 Å². The molecule has 0 bridgehead atoms. The van der Waals surface area contributed by atoms with E-state index in [0.29, 0.717) is 17.8 Å². The van der Waals surface area contributed by atoms with E-state index in [2.05, 4.69) is 10.0 Å². The van der Waals surface area contributed by atoms with Crippen molar-refractivity contribution >= 4 is 27.5 Å². The smallest absolute Gasteiger partial charge is 0.296 e. The first-order valence-electron chi connectivity index (χ1n) is 6.80. The van der Waals surface area contributed by atoms with Crippen molar-refractivity contribution in [2.75, 3.05) is 10.0 Å². The van der Waals surface area contributed by atoms with E-state index < -0.39 is 10.2 Å². The van der Waals surface area contributed by atoms with Crippen LogP contribution in [0.15, 0.2) is 24.3 Å². The van der Waals surface area contributed by atoms with E-state index in [1.54, 1.807) is 18.2 Å². The first kappa shape index (κ1) is 15.7. The first-order chi connectivity index (χ1) is 9.83. The maximum atomic E-state index is 12.2. The molecule has 21 heavy (non-hydrogen) atoms. The Morgan fingerprint density at radius 2 is 1.95 bits per heavy atom. The number of benzene rings is 1. The van der Waals surface area contributed by atoms with Gasteiger partial charge in [-0.3, -0.25) is 9.52 Å². The molecule has 116 valence electrons. The molecule has 6 N–H and O–H groups in total. The molecule has 0 aliphatic heterocycles. The standard InChI is InChI=1S/C13H20N4O3S/c14-10-4-1-3-9(7-10)13(18)16-11-5-2-6-12(8-11)17-21(15,19)20/h2,5-6,8-10,17H,1,3-4,7,14H2,(H,16,18)(H2,15,19,20). The number of hydrogen-bond acceptors (Lipinski definition) is 4. The Morgan fingerprint density at radius 3 is 2.62 bits per heavy atom. The molecule has 2 rings (SSSR count). The molecule has 8 heteroatoms. The number of anilines is 2. The SMILES string of the molecule is NC1CCCC(C(=O)Nc2cccc(NS(N)(=O)=O)c2)C1. The van der Waals surface area contributed by atoms with Crippen LogP contribution in [-0.2, 0) is 15.0 Å². The van der Waals surface area contributed by atoms with Gasteiger partial charge in [-0.05, 0) is 37.5 Å². The zero-order valence-electron chi connectivity index (χ0n) is 11.6. The van der Waals surface area contributed by atoms with Gasteiger partial charge in [0.1, 0.15) is 0 Å². The number of amides is 1. The summed E-state index contributed by atoms with van der Waals surface area (Å²) in [5, 5.41) is 7.70. The highest BCUT2D eigenvalue weighted by Gasteiger charge is 2.25. The summed E-state index contributed by atoms with van der Waals surface area (Å²) in [6.07, 6.45) is 3.42. The van der Waals surface area contributed by atoms with E-state index in [4.69, 9.17) is 10.9 Å². The maximum Gasteiger partial charge on any atom is 0.296 e. The molecular formula is C13H20N4O3S. The summed E-state index contributed by atoms with van der Waals surface area (Å²) in [5.74, 6) is -0.179. The van der Waals surface area contributed by atoms with Crippen LogP contribution in [0.4, 0.5) is 11.4 Å². The zero-order chi connectivity index (χ0) is 15.5. The molecule has 1 aromatic carbocycles. The molecule has 0 aromatic heterocycles. The molecule has 0 spiro atoms. The number of nitrogens with one attached hydrogen (secondary N) is 2. The largest absolute Gasteiger partial charge is 0.328 e. The molecule has 1 aliphatic rings. The van der Waals surface area contributed by atoms with Crippen LogP contribution in [0.25, 0.3) is 0 Å². The lowest BCUT2D eigenvalue weighted by Crippen LogP contribution is -2.34. The first-order valence-corrected chi connectivity index (χ1v) is 8.35. The monoisotopic (exact) mass is 312 g/mol. The Hall–Kier alpha value is -1.64. The fourth-order valence-corrected chi connectivity index (χ4v) is 2.99. The van der Waals surface area contributed by atoms with Crippen molar-refractivity contribution in [1.29, 1.82) is 0 Å². The quantitative estimate of drug-likeness (QED) is 0.654. The van der Waals surface area contributed by atoms with Gasteiger partial charge < -0.3 is 11.1 Å². The van der Waals surface area contributed by atoms with Crippen molar-refractivity contribution in [3.05, 3.63) is 24.3 Å². The number of carbonyl (C=O) groups excluding carboxylic acids is 1. The van der Waals surface area contributed by atoms with Crippen molar-refractivity contribution in [2.24, 2.45) is 16.8 Å². The molecule has 0 saturated heterocycles. The molecular weight excluding hydrogens is 292 g/mol. The molecule has 7 nitrogen and oxygen atoms in total. The number of carbonyl (C=O) groups is 1. The van der Waals surface area contributed by atoms with Gasteiger partial charge in [0.15, 0.2) is 0 Å². The van der Waals surface area contributed by atoms with Crippen molar-refractivity contribution < 1.29 is 13.2 Å². The molecule has 0 heterocycles. The fraction of sp³-hybridized carbons (Fsp3) is 0.462. The predicted molar refractivity (Wildman–Crippen MR) is 81.7 cm³/mol. The van der Waals surface area contributed by atoms with Gasteiger partial charge in [-0.15, -0.1) is 0 Å². The maximum absolute atomic E-state index is 12.2. The second kappa shape index (κ2) is 6.42. The second-order valence-electron chi connectivity index (χ2n) is 5.34. The number of hydrogen-bond donors (Lipinski definition) is 4. The highest BCUT2D eigenvalue weighted by molar-refractivity contribution is 7.90. The number of rotatable bonds is 4. The summed E-state index contributed by atoms with van der Waals surface area (Å²) < 4.78 is 24.1. The average molecular weight is 312 g/mol. The van der Waals surface area contributed by atoms with Crippen LogP contribution in [0.1, 0.15) is 25.7 Å². The Bertz CT molecular complexity index is 618. The van der Waals surface area contributed by atoms with Crippen LogP contribution in [-0.4, -0.2) is 20.4 Å². The Balaban J connectivity index is 2.02. The minimum Gasteiger partial charge on any atom is -0.328 e. The summed E-state index contributed by atoms with van der Waals surface area (Å²) in [7, 11) is -3.83. The fourth-order valence-electron chi connectivity index (χ4n) is 2.53. The molecule has 2 unspecified atom stereocenters. The van der Waals surface area contributed by atoms with E-state index in [1.165, 1.54) is 6.07 Å². The summed E-state index contributed by atoms with van der Waals surface area (Å²) in [6.45, 7) is 0. The molecule has 1 aromatic rings. The van der Waals surface area contributed by atoms with Crippen LogP contribution in [0.2, 0.25) is 0 Å². The van der Waals surface area contributed by atoms with Gasteiger partial charge in [0.05, 0.1) is 5.69 Å². The summed E-state index contributed by atoms with van der Waals surface area (Å²) in [5.41, 5.74) is 6.70. The van der Waals surface area contributed by atoms with Gasteiger partial charge in [-0.25, -0.2) is 5.14 Å². The molecule has 2 atom stereocenters. The summed E-state index contributed by atoms with van der Waals surface area (Å²) in [4.78, 5) is 12.2. The van der Waals surface area contributed by atoms with Crippen molar-refractivity contribution in [2.45, 2.75) is 31.7 Å². The van der Waals surface area contributed by atoms with Crippen LogP contribution >= 0.6 is 0 Å². The Kier molecular flexibility index (Phi) is 4.81. The van der Waals surface area contributed by atoms with Gasteiger partial charge in [0.25, 0.3) is 10.2 Å². The van der Waals surface area contributed by atoms with Crippen LogP contribution < -0.4 is 20.9 Å². The lowest BCUT2D eigenvalue weighted by Gasteiger charge is -2.25.